The average Bonchev–Trinajstić information content (AvgIpc) is 3.16. The number of ether oxygens (including phenoxy) is 1. The molecule has 24 heavy (non-hydrogen) atoms. The third-order valence-corrected chi connectivity index (χ3v) is 4.85. The third-order valence-electron chi connectivity index (χ3n) is 4.85. The van der Waals surface area contributed by atoms with Crippen molar-refractivity contribution in [1.29, 1.82) is 0 Å². The summed E-state index contributed by atoms with van der Waals surface area (Å²) in [5.41, 5.74) is 4.25. The SMILES string of the molecule is Cc1cccc2ncc(CN3CCOC(C)(c4cnn(C)c4)C3)n12. The summed E-state index contributed by atoms with van der Waals surface area (Å²) >= 11 is 0. The highest BCUT2D eigenvalue weighted by atomic mass is 16.5. The van der Waals surface area contributed by atoms with Crippen molar-refractivity contribution < 1.29 is 4.74 Å². The number of fused-ring (bicyclic) bond motifs is 1. The van der Waals surface area contributed by atoms with Crippen LogP contribution in [0, 0.1) is 6.92 Å². The molecule has 1 fully saturated rings. The Bertz CT molecular complexity index is 867. The zero-order valence-corrected chi connectivity index (χ0v) is 14.4. The van der Waals surface area contributed by atoms with Gasteiger partial charge < -0.3 is 9.14 Å². The minimum absolute atomic E-state index is 0.317. The predicted molar refractivity (Wildman–Crippen MR) is 91.7 cm³/mol. The monoisotopic (exact) mass is 325 g/mol. The fourth-order valence-electron chi connectivity index (χ4n) is 3.57. The zero-order valence-electron chi connectivity index (χ0n) is 14.4. The maximum Gasteiger partial charge on any atom is 0.137 e. The summed E-state index contributed by atoms with van der Waals surface area (Å²) in [6, 6.07) is 6.22. The van der Waals surface area contributed by atoms with Gasteiger partial charge in [-0.15, -0.1) is 0 Å². The topological polar surface area (TPSA) is 47.6 Å². The summed E-state index contributed by atoms with van der Waals surface area (Å²) in [6.07, 6.45) is 5.93. The molecule has 4 rings (SSSR count). The Morgan fingerprint density at radius 2 is 2.17 bits per heavy atom. The lowest BCUT2D eigenvalue weighted by Crippen LogP contribution is -2.47. The Morgan fingerprint density at radius 1 is 1.29 bits per heavy atom. The van der Waals surface area contributed by atoms with Gasteiger partial charge in [0.1, 0.15) is 11.2 Å². The smallest absolute Gasteiger partial charge is 0.137 e. The van der Waals surface area contributed by atoms with E-state index >= 15 is 0 Å². The maximum atomic E-state index is 6.11. The van der Waals surface area contributed by atoms with Gasteiger partial charge >= 0.3 is 0 Å². The van der Waals surface area contributed by atoms with Crippen molar-refractivity contribution in [2.45, 2.75) is 26.0 Å². The van der Waals surface area contributed by atoms with Crippen LogP contribution in [0.1, 0.15) is 23.9 Å². The first-order valence-electron chi connectivity index (χ1n) is 8.32. The van der Waals surface area contributed by atoms with E-state index in [0.29, 0.717) is 0 Å². The molecular weight excluding hydrogens is 302 g/mol. The van der Waals surface area contributed by atoms with Gasteiger partial charge in [0, 0.05) is 44.1 Å². The second-order valence-electron chi connectivity index (χ2n) is 6.80. The molecule has 4 heterocycles. The minimum Gasteiger partial charge on any atom is -0.368 e. The molecule has 6 nitrogen and oxygen atoms in total. The van der Waals surface area contributed by atoms with E-state index in [0.717, 1.165) is 37.5 Å². The first-order chi connectivity index (χ1) is 11.5. The van der Waals surface area contributed by atoms with Gasteiger partial charge in [-0.1, -0.05) is 6.07 Å². The standard InChI is InChI=1S/C18H23N5O/c1-14-5-4-6-17-19-10-16(23(14)17)12-22-7-8-24-18(2,13-22)15-9-20-21(3)11-15/h4-6,9-11H,7-8,12-13H2,1-3H3. The number of aryl methyl sites for hydroxylation is 2. The second-order valence-corrected chi connectivity index (χ2v) is 6.80. The quantitative estimate of drug-likeness (QED) is 0.740. The molecule has 126 valence electrons. The maximum absolute atomic E-state index is 6.11. The molecule has 0 bridgehead atoms. The van der Waals surface area contributed by atoms with Crippen LogP contribution >= 0.6 is 0 Å². The van der Waals surface area contributed by atoms with Crippen molar-refractivity contribution in [3.05, 3.63) is 53.7 Å². The Morgan fingerprint density at radius 3 is 2.96 bits per heavy atom. The molecule has 3 aromatic heterocycles. The van der Waals surface area contributed by atoms with Crippen molar-refractivity contribution in [3.8, 4) is 0 Å². The highest BCUT2D eigenvalue weighted by Gasteiger charge is 2.35. The Balaban J connectivity index is 1.58. The molecule has 0 N–H and O–H groups in total. The predicted octanol–water partition coefficient (Wildman–Crippen LogP) is 2.12. The van der Waals surface area contributed by atoms with E-state index < -0.39 is 0 Å². The van der Waals surface area contributed by atoms with Crippen molar-refractivity contribution in [3.63, 3.8) is 0 Å². The van der Waals surface area contributed by atoms with Crippen molar-refractivity contribution in [2.75, 3.05) is 19.7 Å². The van der Waals surface area contributed by atoms with Crippen LogP contribution in [-0.2, 0) is 23.9 Å². The van der Waals surface area contributed by atoms with Crippen LogP contribution in [0.2, 0.25) is 0 Å². The fraction of sp³-hybridized carbons (Fsp3) is 0.444. The number of morpholine rings is 1. The molecule has 0 aliphatic carbocycles. The van der Waals surface area contributed by atoms with Crippen molar-refractivity contribution in [1.82, 2.24) is 24.1 Å². The normalized spacial score (nSPS) is 22.3. The number of imidazole rings is 1. The highest BCUT2D eigenvalue weighted by molar-refractivity contribution is 5.42. The summed E-state index contributed by atoms with van der Waals surface area (Å²) in [5, 5.41) is 4.29. The van der Waals surface area contributed by atoms with Gasteiger partial charge in [0.25, 0.3) is 0 Å². The van der Waals surface area contributed by atoms with Gasteiger partial charge in [-0.05, 0) is 26.0 Å². The van der Waals surface area contributed by atoms with Gasteiger partial charge in [0.15, 0.2) is 0 Å². The van der Waals surface area contributed by atoms with E-state index in [2.05, 4.69) is 51.4 Å². The lowest BCUT2D eigenvalue weighted by atomic mass is 9.97. The molecule has 0 aromatic carbocycles. The summed E-state index contributed by atoms with van der Waals surface area (Å²) in [4.78, 5) is 6.97. The third kappa shape index (κ3) is 2.61. The summed E-state index contributed by atoms with van der Waals surface area (Å²) in [5.74, 6) is 0. The average molecular weight is 325 g/mol. The first kappa shape index (κ1) is 15.4. The Labute approximate surface area is 141 Å². The van der Waals surface area contributed by atoms with Crippen LogP contribution in [0.3, 0.4) is 0 Å². The largest absolute Gasteiger partial charge is 0.368 e. The summed E-state index contributed by atoms with van der Waals surface area (Å²) in [7, 11) is 1.94. The zero-order chi connectivity index (χ0) is 16.7. The molecule has 6 heteroatoms. The number of aromatic nitrogens is 4. The van der Waals surface area contributed by atoms with Gasteiger partial charge in [0.05, 0.1) is 24.7 Å². The van der Waals surface area contributed by atoms with Crippen molar-refractivity contribution >= 4 is 5.65 Å². The molecule has 0 spiro atoms. The number of rotatable bonds is 3. The van der Waals surface area contributed by atoms with Crippen LogP contribution in [0.15, 0.2) is 36.8 Å². The molecule has 0 radical (unpaired) electrons. The van der Waals surface area contributed by atoms with Gasteiger partial charge in [-0.2, -0.15) is 5.10 Å². The molecule has 1 aliphatic heterocycles. The Hall–Kier alpha value is -2.18. The molecular formula is C18H23N5O. The van der Waals surface area contributed by atoms with Gasteiger partial charge in [-0.3, -0.25) is 9.58 Å². The summed E-state index contributed by atoms with van der Waals surface area (Å²) < 4.78 is 10.2. The molecule has 3 aromatic rings. The minimum atomic E-state index is -0.317. The second kappa shape index (κ2) is 5.72. The van der Waals surface area contributed by atoms with Crippen LogP contribution < -0.4 is 0 Å². The van der Waals surface area contributed by atoms with Crippen LogP contribution in [0.25, 0.3) is 5.65 Å². The molecule has 0 saturated carbocycles. The molecule has 1 saturated heterocycles. The highest BCUT2D eigenvalue weighted by Crippen LogP contribution is 2.29. The lowest BCUT2D eigenvalue weighted by Gasteiger charge is -2.40. The van der Waals surface area contributed by atoms with E-state index in [1.165, 1.54) is 11.4 Å². The molecule has 1 unspecified atom stereocenters. The Kier molecular flexibility index (Phi) is 3.66. The lowest BCUT2D eigenvalue weighted by molar-refractivity contribution is -0.105. The van der Waals surface area contributed by atoms with E-state index in [4.69, 9.17) is 4.74 Å². The van der Waals surface area contributed by atoms with Crippen LogP contribution in [0.5, 0.6) is 0 Å². The van der Waals surface area contributed by atoms with E-state index in [9.17, 15) is 0 Å². The fourth-order valence-corrected chi connectivity index (χ4v) is 3.57. The number of nitrogens with zero attached hydrogens (tertiary/aromatic N) is 5. The van der Waals surface area contributed by atoms with Crippen molar-refractivity contribution in [2.24, 2.45) is 7.05 Å². The van der Waals surface area contributed by atoms with E-state index in [1.807, 2.05) is 30.3 Å². The number of hydrogen-bond acceptors (Lipinski definition) is 4. The van der Waals surface area contributed by atoms with E-state index in [-0.39, 0.29) is 5.60 Å². The van der Waals surface area contributed by atoms with Gasteiger partial charge in [-0.25, -0.2) is 4.98 Å². The molecule has 1 atom stereocenters. The first-order valence-corrected chi connectivity index (χ1v) is 8.32. The number of hydrogen-bond donors (Lipinski definition) is 0. The molecule has 1 aliphatic rings. The van der Waals surface area contributed by atoms with Crippen LogP contribution in [0.4, 0.5) is 0 Å². The molecule has 0 amide bonds. The summed E-state index contributed by atoms with van der Waals surface area (Å²) in [6.45, 7) is 7.63. The van der Waals surface area contributed by atoms with Crippen LogP contribution in [-0.4, -0.2) is 43.8 Å². The van der Waals surface area contributed by atoms with E-state index in [1.54, 1.807) is 0 Å². The number of pyridine rings is 1. The van der Waals surface area contributed by atoms with Gasteiger partial charge in [0.2, 0.25) is 0 Å².